The molecule has 1 amide bonds. The third kappa shape index (κ3) is 3.47. The largest absolute Gasteiger partial charge is 0.480 e. The predicted molar refractivity (Wildman–Crippen MR) is 82.4 cm³/mol. The molecular weight excluding hydrogens is 337 g/mol. The van der Waals surface area contributed by atoms with Crippen molar-refractivity contribution in [3.8, 4) is 0 Å². The molecule has 1 atom stereocenters. The van der Waals surface area contributed by atoms with E-state index in [0.717, 1.165) is 16.0 Å². The van der Waals surface area contributed by atoms with Gasteiger partial charge in [0.1, 0.15) is 10.9 Å². The standard InChI is InChI=1S/C13H11Cl2NO4S/c14-6-1-2-7-9(5-6)21-11(10(7)15)12(18)16-8(3-4-17)13(19)20/h1-2,5,8,17H,3-4H2,(H,16,18)(H,19,20)/t8-/m1/s1. The topological polar surface area (TPSA) is 86.6 Å². The molecular formula is C13H11Cl2NO4S. The van der Waals surface area contributed by atoms with Crippen molar-refractivity contribution in [1.82, 2.24) is 5.32 Å². The van der Waals surface area contributed by atoms with Gasteiger partial charge in [-0.1, -0.05) is 29.3 Å². The summed E-state index contributed by atoms with van der Waals surface area (Å²) in [6.07, 6.45) is -0.0740. The molecule has 0 aliphatic carbocycles. The van der Waals surface area contributed by atoms with Gasteiger partial charge in [-0.05, 0) is 12.1 Å². The average Bonchev–Trinajstić information content (AvgIpc) is 2.74. The molecule has 2 rings (SSSR count). The van der Waals surface area contributed by atoms with E-state index in [0.29, 0.717) is 10.4 Å². The lowest BCUT2D eigenvalue weighted by molar-refractivity contribution is -0.139. The molecule has 1 heterocycles. The molecule has 5 nitrogen and oxygen atoms in total. The van der Waals surface area contributed by atoms with E-state index < -0.39 is 17.9 Å². The Hall–Kier alpha value is -1.34. The monoisotopic (exact) mass is 347 g/mol. The van der Waals surface area contributed by atoms with Crippen LogP contribution in [0, 0.1) is 0 Å². The summed E-state index contributed by atoms with van der Waals surface area (Å²) in [5.74, 6) is -1.80. The third-order valence-electron chi connectivity index (χ3n) is 2.82. The number of aliphatic carboxylic acids is 1. The van der Waals surface area contributed by atoms with Gasteiger partial charge in [-0.3, -0.25) is 4.79 Å². The van der Waals surface area contributed by atoms with Crippen molar-refractivity contribution in [2.24, 2.45) is 0 Å². The number of aliphatic hydroxyl groups is 1. The number of rotatable bonds is 5. The van der Waals surface area contributed by atoms with Gasteiger partial charge in [0.25, 0.3) is 5.91 Å². The fourth-order valence-corrected chi connectivity index (χ4v) is 3.49. The molecule has 21 heavy (non-hydrogen) atoms. The lowest BCUT2D eigenvalue weighted by Gasteiger charge is -2.12. The van der Waals surface area contributed by atoms with Gasteiger partial charge in [0.2, 0.25) is 0 Å². The summed E-state index contributed by atoms with van der Waals surface area (Å²) in [4.78, 5) is 23.4. The van der Waals surface area contributed by atoms with Gasteiger partial charge in [0, 0.05) is 28.1 Å². The maximum atomic E-state index is 12.1. The summed E-state index contributed by atoms with van der Waals surface area (Å²) < 4.78 is 0.742. The SMILES string of the molecule is O=C(N[C@H](CCO)C(=O)O)c1sc2cc(Cl)ccc2c1Cl. The number of hydrogen-bond acceptors (Lipinski definition) is 4. The first kappa shape index (κ1) is 16.0. The van der Waals surface area contributed by atoms with E-state index >= 15 is 0 Å². The molecule has 0 aliphatic heterocycles. The van der Waals surface area contributed by atoms with Crippen LogP contribution < -0.4 is 5.32 Å². The molecule has 0 aliphatic rings. The highest BCUT2D eigenvalue weighted by Crippen LogP contribution is 2.36. The molecule has 0 saturated heterocycles. The fraction of sp³-hybridized carbons (Fsp3) is 0.231. The molecule has 0 bridgehead atoms. The van der Waals surface area contributed by atoms with Crippen molar-refractivity contribution in [1.29, 1.82) is 0 Å². The summed E-state index contributed by atoms with van der Waals surface area (Å²) in [5, 5.41) is 21.6. The van der Waals surface area contributed by atoms with E-state index in [1.807, 2.05) is 0 Å². The summed E-state index contributed by atoms with van der Waals surface area (Å²) in [5.41, 5.74) is 0. The van der Waals surface area contributed by atoms with Gasteiger partial charge in [0.15, 0.2) is 0 Å². The number of hydrogen-bond donors (Lipinski definition) is 3. The van der Waals surface area contributed by atoms with Crippen molar-refractivity contribution in [3.05, 3.63) is 33.1 Å². The minimum atomic E-state index is -1.21. The molecule has 0 saturated carbocycles. The zero-order valence-electron chi connectivity index (χ0n) is 10.6. The number of carbonyl (C=O) groups is 2. The number of amides is 1. The molecule has 0 fully saturated rings. The number of halogens is 2. The average molecular weight is 348 g/mol. The first-order valence-electron chi connectivity index (χ1n) is 5.96. The predicted octanol–water partition coefficient (Wildman–Crippen LogP) is 2.77. The Morgan fingerprint density at radius 2 is 2.05 bits per heavy atom. The zero-order valence-corrected chi connectivity index (χ0v) is 12.9. The van der Waals surface area contributed by atoms with Crippen LogP contribution in [-0.2, 0) is 4.79 Å². The number of carboxylic acids is 1. The van der Waals surface area contributed by atoms with Gasteiger partial charge in [0.05, 0.1) is 5.02 Å². The summed E-state index contributed by atoms with van der Waals surface area (Å²) in [6, 6.07) is 3.89. The minimum absolute atomic E-state index is 0.0740. The Labute approximate surface area is 134 Å². The third-order valence-corrected chi connectivity index (χ3v) is 4.71. The van der Waals surface area contributed by atoms with Crippen LogP contribution in [0.3, 0.4) is 0 Å². The molecule has 2 aromatic rings. The van der Waals surface area contributed by atoms with E-state index in [2.05, 4.69) is 5.32 Å². The van der Waals surface area contributed by atoms with Crippen LogP contribution in [0.1, 0.15) is 16.1 Å². The normalized spacial score (nSPS) is 12.3. The highest BCUT2D eigenvalue weighted by molar-refractivity contribution is 7.21. The second-order valence-electron chi connectivity index (χ2n) is 4.26. The van der Waals surface area contributed by atoms with E-state index in [9.17, 15) is 9.59 Å². The minimum Gasteiger partial charge on any atom is -0.480 e. The smallest absolute Gasteiger partial charge is 0.326 e. The molecule has 8 heteroatoms. The van der Waals surface area contributed by atoms with Crippen LogP contribution in [0.25, 0.3) is 10.1 Å². The zero-order chi connectivity index (χ0) is 15.6. The number of fused-ring (bicyclic) bond motifs is 1. The maximum Gasteiger partial charge on any atom is 0.326 e. The van der Waals surface area contributed by atoms with Gasteiger partial charge < -0.3 is 15.5 Å². The Balaban J connectivity index is 2.30. The first-order valence-corrected chi connectivity index (χ1v) is 7.53. The second kappa shape index (κ2) is 6.62. The highest BCUT2D eigenvalue weighted by atomic mass is 35.5. The first-order chi connectivity index (χ1) is 9.93. The Morgan fingerprint density at radius 3 is 2.67 bits per heavy atom. The lowest BCUT2D eigenvalue weighted by Crippen LogP contribution is -2.41. The van der Waals surface area contributed by atoms with Crippen molar-refractivity contribution in [2.45, 2.75) is 12.5 Å². The number of aliphatic hydroxyl groups excluding tert-OH is 1. The van der Waals surface area contributed by atoms with Crippen LogP contribution in [0.15, 0.2) is 18.2 Å². The van der Waals surface area contributed by atoms with E-state index in [-0.39, 0.29) is 22.9 Å². The number of carbonyl (C=O) groups excluding carboxylic acids is 1. The molecule has 1 aromatic heterocycles. The van der Waals surface area contributed by atoms with Crippen molar-refractivity contribution in [2.75, 3.05) is 6.61 Å². The molecule has 0 unspecified atom stereocenters. The van der Waals surface area contributed by atoms with Crippen LogP contribution in [0.4, 0.5) is 0 Å². The van der Waals surface area contributed by atoms with Gasteiger partial charge >= 0.3 is 5.97 Å². The van der Waals surface area contributed by atoms with Crippen LogP contribution in [0.2, 0.25) is 10.0 Å². The number of carboxylic acid groups (broad SMARTS) is 1. The van der Waals surface area contributed by atoms with Crippen LogP contribution in [0.5, 0.6) is 0 Å². The van der Waals surface area contributed by atoms with E-state index in [1.165, 1.54) is 0 Å². The lowest BCUT2D eigenvalue weighted by atomic mass is 10.2. The van der Waals surface area contributed by atoms with Crippen molar-refractivity contribution < 1.29 is 19.8 Å². The number of nitrogens with one attached hydrogen (secondary N) is 1. The Kier molecular flexibility index (Phi) is 5.05. The highest BCUT2D eigenvalue weighted by Gasteiger charge is 2.23. The quantitative estimate of drug-likeness (QED) is 0.776. The van der Waals surface area contributed by atoms with E-state index in [4.69, 9.17) is 33.4 Å². The number of benzene rings is 1. The summed E-state index contributed by atoms with van der Waals surface area (Å²) in [7, 11) is 0. The Morgan fingerprint density at radius 1 is 1.33 bits per heavy atom. The summed E-state index contributed by atoms with van der Waals surface area (Å²) >= 11 is 13.2. The van der Waals surface area contributed by atoms with Crippen molar-refractivity contribution >= 4 is 56.5 Å². The molecule has 1 aromatic carbocycles. The molecule has 112 valence electrons. The van der Waals surface area contributed by atoms with Gasteiger partial charge in [-0.25, -0.2) is 4.79 Å². The van der Waals surface area contributed by atoms with Gasteiger partial charge in [-0.15, -0.1) is 11.3 Å². The molecule has 0 radical (unpaired) electrons. The van der Waals surface area contributed by atoms with Crippen molar-refractivity contribution in [3.63, 3.8) is 0 Å². The van der Waals surface area contributed by atoms with Crippen LogP contribution >= 0.6 is 34.5 Å². The maximum absolute atomic E-state index is 12.1. The summed E-state index contributed by atoms with van der Waals surface area (Å²) in [6.45, 7) is -0.340. The molecule has 3 N–H and O–H groups in total. The number of thiophene rings is 1. The fourth-order valence-electron chi connectivity index (χ4n) is 1.80. The van der Waals surface area contributed by atoms with Crippen LogP contribution in [-0.4, -0.2) is 34.7 Å². The van der Waals surface area contributed by atoms with Gasteiger partial charge in [-0.2, -0.15) is 0 Å². The Bertz CT molecular complexity index is 701. The second-order valence-corrected chi connectivity index (χ2v) is 6.13. The molecule has 0 spiro atoms. The van der Waals surface area contributed by atoms with E-state index in [1.54, 1.807) is 18.2 Å².